The highest BCUT2D eigenvalue weighted by molar-refractivity contribution is 5.91. The van der Waals surface area contributed by atoms with Gasteiger partial charge in [-0.3, -0.25) is 5.10 Å². The Labute approximate surface area is 179 Å². The zero-order valence-electron chi connectivity index (χ0n) is 16.9. The van der Waals surface area contributed by atoms with Gasteiger partial charge in [0.1, 0.15) is 22.6 Å². The molecule has 5 heterocycles. The fourth-order valence-electron chi connectivity index (χ4n) is 3.61. The summed E-state index contributed by atoms with van der Waals surface area (Å²) in [5.74, 6) is 0.757. The summed E-state index contributed by atoms with van der Waals surface area (Å²) in [7, 11) is 0. The van der Waals surface area contributed by atoms with Crippen LogP contribution in [0.25, 0.3) is 33.9 Å². The zero-order chi connectivity index (χ0) is 22.3. The minimum Gasteiger partial charge on any atom is -0.350 e. The van der Waals surface area contributed by atoms with E-state index >= 15 is 0 Å². The average molecular weight is 445 g/mol. The van der Waals surface area contributed by atoms with Crippen molar-refractivity contribution in [2.45, 2.75) is 32.0 Å². The summed E-state index contributed by atoms with van der Waals surface area (Å²) < 4.78 is 46.1. The second kappa shape index (κ2) is 7.82. The van der Waals surface area contributed by atoms with E-state index in [2.05, 4.69) is 45.9 Å². The van der Waals surface area contributed by atoms with Gasteiger partial charge in [-0.15, -0.1) is 0 Å². The average Bonchev–Trinajstić information content (AvgIpc) is 3.39. The number of pyridine rings is 1. The molecule has 0 unspecified atom stereocenters. The lowest BCUT2D eigenvalue weighted by Crippen LogP contribution is -2.38. The van der Waals surface area contributed by atoms with Gasteiger partial charge < -0.3 is 15.2 Å². The van der Waals surface area contributed by atoms with E-state index in [1.165, 1.54) is 0 Å². The van der Waals surface area contributed by atoms with Crippen molar-refractivity contribution in [3.63, 3.8) is 0 Å². The highest BCUT2D eigenvalue weighted by atomic mass is 19.4. The number of halogens is 3. The summed E-state index contributed by atoms with van der Waals surface area (Å²) in [5, 5.41) is 17.3. The number of hydrogen-bond donors (Lipinski definition) is 3. The first-order valence-corrected chi connectivity index (χ1v) is 9.96. The molecule has 1 atom stereocenters. The Morgan fingerprint density at radius 1 is 1.16 bits per heavy atom. The normalized spacial score (nSPS) is 17.1. The van der Waals surface area contributed by atoms with Crippen molar-refractivity contribution in [1.29, 1.82) is 0 Å². The van der Waals surface area contributed by atoms with Crippen molar-refractivity contribution in [2.75, 3.05) is 18.4 Å². The number of piperidine rings is 1. The third kappa shape index (κ3) is 3.86. The number of aryl methyl sites for hydroxylation is 1. The molecule has 0 saturated carbocycles. The van der Waals surface area contributed by atoms with Gasteiger partial charge in [0.25, 0.3) is 0 Å². The van der Waals surface area contributed by atoms with Gasteiger partial charge in [-0.05, 0) is 31.5 Å². The number of H-pyrrole nitrogens is 1. The Bertz CT molecular complexity index is 1260. The van der Waals surface area contributed by atoms with Gasteiger partial charge in [-0.25, -0.2) is 15.0 Å². The van der Waals surface area contributed by atoms with Crippen molar-refractivity contribution in [3.8, 4) is 22.9 Å². The van der Waals surface area contributed by atoms with E-state index in [0.717, 1.165) is 25.6 Å². The maximum absolute atomic E-state index is 13.7. The first kappa shape index (κ1) is 20.3. The van der Waals surface area contributed by atoms with Gasteiger partial charge in [0, 0.05) is 31.1 Å². The predicted octanol–water partition coefficient (Wildman–Crippen LogP) is 2.96. The van der Waals surface area contributed by atoms with Crippen LogP contribution in [0.3, 0.4) is 0 Å². The summed E-state index contributed by atoms with van der Waals surface area (Å²) >= 11 is 0. The number of fused-ring (bicyclic) bond motifs is 1. The molecule has 3 N–H and O–H groups in total. The van der Waals surface area contributed by atoms with E-state index in [1.807, 2.05) is 0 Å². The Kier molecular flexibility index (Phi) is 4.96. The van der Waals surface area contributed by atoms with Gasteiger partial charge in [0.2, 0.25) is 17.7 Å². The molecular formula is C19H18F3N9O. The summed E-state index contributed by atoms with van der Waals surface area (Å²) in [6, 6.07) is 3.22. The van der Waals surface area contributed by atoms with E-state index in [0.29, 0.717) is 23.5 Å². The second-order valence-corrected chi connectivity index (χ2v) is 7.44. The molecule has 0 aliphatic carbocycles. The molecule has 4 aromatic heterocycles. The Morgan fingerprint density at radius 3 is 2.75 bits per heavy atom. The first-order chi connectivity index (χ1) is 15.4. The molecule has 166 valence electrons. The first-order valence-electron chi connectivity index (χ1n) is 9.96. The van der Waals surface area contributed by atoms with Crippen LogP contribution in [0.2, 0.25) is 0 Å². The molecule has 1 aliphatic rings. The Morgan fingerprint density at radius 2 is 2.03 bits per heavy atom. The van der Waals surface area contributed by atoms with Crippen LogP contribution < -0.4 is 10.6 Å². The third-order valence-electron chi connectivity index (χ3n) is 5.13. The highest BCUT2D eigenvalue weighted by Crippen LogP contribution is 2.37. The second-order valence-electron chi connectivity index (χ2n) is 7.44. The standard InChI is InChI=1S/C19H18F3N9O/c1-9-25-17(31-32-9)13-5-4-11-14(29-30-16(11)27-13)15-12(19(20,21)22)8-24-18(28-15)26-10-3-2-6-23-7-10/h4-5,8,10,23H,2-3,6-7H2,1H3,(H,24,26,28)(H,27,29,30)/t10-/m0/s1. The molecule has 1 saturated heterocycles. The van der Waals surface area contributed by atoms with Crippen molar-refractivity contribution >= 4 is 17.0 Å². The van der Waals surface area contributed by atoms with E-state index < -0.39 is 11.7 Å². The predicted molar refractivity (Wildman–Crippen MR) is 107 cm³/mol. The lowest BCUT2D eigenvalue weighted by molar-refractivity contribution is -0.137. The van der Waals surface area contributed by atoms with Gasteiger partial charge in [0.05, 0.1) is 0 Å². The molecule has 5 rings (SSSR count). The topological polar surface area (TPSA) is 130 Å². The van der Waals surface area contributed by atoms with Crippen molar-refractivity contribution in [1.82, 2.24) is 40.6 Å². The number of aromatic nitrogens is 7. The van der Waals surface area contributed by atoms with Crippen LogP contribution >= 0.6 is 0 Å². The number of alkyl halides is 3. The van der Waals surface area contributed by atoms with Crippen LogP contribution in [0.4, 0.5) is 19.1 Å². The molecule has 0 spiro atoms. The molecule has 1 fully saturated rings. The number of nitrogens with zero attached hydrogens (tertiary/aromatic N) is 6. The van der Waals surface area contributed by atoms with Crippen LogP contribution in [0, 0.1) is 6.92 Å². The smallest absolute Gasteiger partial charge is 0.350 e. The number of rotatable bonds is 4. The lowest BCUT2D eigenvalue weighted by atomic mass is 10.1. The highest BCUT2D eigenvalue weighted by Gasteiger charge is 2.37. The summed E-state index contributed by atoms with van der Waals surface area (Å²) in [6.07, 6.45) is -2.03. The van der Waals surface area contributed by atoms with E-state index in [4.69, 9.17) is 4.52 Å². The number of anilines is 1. The minimum atomic E-state index is -4.65. The quantitative estimate of drug-likeness (QED) is 0.434. The molecule has 1 aliphatic heterocycles. The fourth-order valence-corrected chi connectivity index (χ4v) is 3.61. The van der Waals surface area contributed by atoms with E-state index in [-0.39, 0.29) is 34.8 Å². The molecule has 10 nitrogen and oxygen atoms in total. The number of nitrogens with one attached hydrogen (secondary N) is 3. The van der Waals surface area contributed by atoms with Gasteiger partial charge in [0.15, 0.2) is 5.65 Å². The Balaban J connectivity index is 1.56. The van der Waals surface area contributed by atoms with Crippen LogP contribution in [0.15, 0.2) is 22.9 Å². The van der Waals surface area contributed by atoms with Crippen molar-refractivity contribution in [2.24, 2.45) is 0 Å². The monoisotopic (exact) mass is 445 g/mol. The van der Waals surface area contributed by atoms with Gasteiger partial charge in [-0.2, -0.15) is 23.3 Å². The third-order valence-corrected chi connectivity index (χ3v) is 5.13. The molecule has 0 radical (unpaired) electrons. The van der Waals surface area contributed by atoms with E-state index in [9.17, 15) is 13.2 Å². The largest absolute Gasteiger partial charge is 0.420 e. The van der Waals surface area contributed by atoms with Gasteiger partial charge >= 0.3 is 6.18 Å². The van der Waals surface area contributed by atoms with Crippen LogP contribution in [0.5, 0.6) is 0 Å². The summed E-state index contributed by atoms with van der Waals surface area (Å²) in [4.78, 5) is 16.6. The molecule has 0 aromatic carbocycles. The lowest BCUT2D eigenvalue weighted by Gasteiger charge is -2.24. The van der Waals surface area contributed by atoms with Crippen LogP contribution in [-0.4, -0.2) is 54.4 Å². The van der Waals surface area contributed by atoms with Crippen molar-refractivity contribution in [3.05, 3.63) is 29.8 Å². The molecule has 4 aromatic rings. The van der Waals surface area contributed by atoms with Crippen LogP contribution in [0.1, 0.15) is 24.3 Å². The van der Waals surface area contributed by atoms with Crippen molar-refractivity contribution < 1.29 is 17.7 Å². The maximum atomic E-state index is 13.7. The van der Waals surface area contributed by atoms with Gasteiger partial charge in [-0.1, -0.05) is 5.16 Å². The number of aromatic amines is 1. The summed E-state index contributed by atoms with van der Waals surface area (Å²) in [5.41, 5.74) is -0.595. The van der Waals surface area contributed by atoms with Crippen LogP contribution in [-0.2, 0) is 6.18 Å². The molecule has 32 heavy (non-hydrogen) atoms. The Hall–Kier alpha value is -3.61. The summed E-state index contributed by atoms with van der Waals surface area (Å²) in [6.45, 7) is 3.24. The minimum absolute atomic E-state index is 0.0305. The molecular weight excluding hydrogens is 427 g/mol. The fraction of sp³-hybridized carbons (Fsp3) is 0.368. The number of hydrogen-bond acceptors (Lipinski definition) is 9. The zero-order valence-corrected chi connectivity index (χ0v) is 16.9. The van der Waals surface area contributed by atoms with E-state index in [1.54, 1.807) is 19.1 Å². The molecule has 0 amide bonds. The maximum Gasteiger partial charge on any atom is 0.420 e. The molecule has 13 heteroatoms. The molecule has 0 bridgehead atoms. The SMILES string of the molecule is Cc1nc(-c2ccc3c(-c4nc(N[C@H]5CCCNC5)ncc4C(F)(F)F)n[nH]c3n2)no1.